The van der Waals surface area contributed by atoms with Crippen molar-refractivity contribution in [3.05, 3.63) is 101 Å². The lowest BCUT2D eigenvalue weighted by molar-refractivity contribution is 0.132. The number of cyclic esters (lactones) is 1. The molecule has 150 valence electrons. The van der Waals surface area contributed by atoms with Gasteiger partial charge >= 0.3 is 6.09 Å². The van der Waals surface area contributed by atoms with Crippen molar-refractivity contribution in [2.45, 2.75) is 12.1 Å². The summed E-state index contributed by atoms with van der Waals surface area (Å²) in [5.74, 6) is 4.89. The summed E-state index contributed by atoms with van der Waals surface area (Å²) < 4.78 is 37.6. The highest BCUT2D eigenvalue weighted by atomic mass is 19.1. The Balaban J connectivity index is 1.64. The van der Waals surface area contributed by atoms with Gasteiger partial charge in [-0.2, -0.15) is 0 Å². The molecule has 4 nitrogen and oxygen atoms in total. The third kappa shape index (κ3) is 4.11. The highest BCUT2D eigenvalue weighted by Crippen LogP contribution is 2.37. The Morgan fingerprint density at radius 2 is 1.77 bits per heavy atom. The minimum Gasteiger partial charge on any atom is -0.497 e. The molecule has 6 heteroatoms. The van der Waals surface area contributed by atoms with Crippen LogP contribution in [0.4, 0.5) is 13.6 Å². The Hall–Kier alpha value is -3.85. The van der Waals surface area contributed by atoms with Gasteiger partial charge < -0.3 is 14.8 Å². The number of halogens is 2. The van der Waals surface area contributed by atoms with Gasteiger partial charge in [0, 0.05) is 11.6 Å². The number of nitrogens with one attached hydrogen (secondary N) is 1. The number of rotatable bonds is 3. The molecule has 3 aromatic carbocycles. The van der Waals surface area contributed by atoms with Gasteiger partial charge in [-0.3, -0.25) is 0 Å². The lowest BCUT2D eigenvalue weighted by Gasteiger charge is -2.18. The summed E-state index contributed by atoms with van der Waals surface area (Å²) in [6.45, 7) is 0. The molecule has 1 saturated heterocycles. The lowest BCUT2D eigenvalue weighted by Crippen LogP contribution is -2.19. The molecule has 30 heavy (non-hydrogen) atoms. The van der Waals surface area contributed by atoms with Crippen molar-refractivity contribution >= 4 is 6.09 Å². The lowest BCUT2D eigenvalue weighted by atomic mass is 9.95. The molecule has 1 aliphatic heterocycles. The first-order chi connectivity index (χ1) is 14.5. The molecular weight excluding hydrogens is 388 g/mol. The van der Waals surface area contributed by atoms with Gasteiger partial charge in [-0.25, -0.2) is 13.6 Å². The zero-order valence-corrected chi connectivity index (χ0v) is 16.0. The molecule has 2 atom stereocenters. The molecule has 4 rings (SSSR count). The fourth-order valence-electron chi connectivity index (χ4n) is 3.30. The van der Waals surface area contributed by atoms with Crippen molar-refractivity contribution in [3.8, 4) is 17.6 Å². The molecule has 3 aromatic rings. The number of hydrogen-bond donors (Lipinski definition) is 1. The summed E-state index contributed by atoms with van der Waals surface area (Å²) in [7, 11) is 1.57. The topological polar surface area (TPSA) is 47.6 Å². The summed E-state index contributed by atoms with van der Waals surface area (Å²) >= 11 is 0. The van der Waals surface area contributed by atoms with Crippen molar-refractivity contribution in [1.82, 2.24) is 5.32 Å². The van der Waals surface area contributed by atoms with Crippen LogP contribution in [-0.2, 0) is 4.74 Å². The van der Waals surface area contributed by atoms with Crippen molar-refractivity contribution in [2.75, 3.05) is 7.11 Å². The SMILES string of the molecule is COc1cccc([C@@H]2OC(=O)N[C@H]2c2cccc(C#Cc3ccc(F)cc3F)c2)c1. The molecule has 0 spiro atoms. The average Bonchev–Trinajstić information content (AvgIpc) is 3.15. The summed E-state index contributed by atoms with van der Waals surface area (Å²) in [5, 5.41) is 2.82. The van der Waals surface area contributed by atoms with Crippen LogP contribution in [-0.4, -0.2) is 13.2 Å². The van der Waals surface area contributed by atoms with Gasteiger partial charge in [-0.05, 0) is 47.5 Å². The summed E-state index contributed by atoms with van der Waals surface area (Å²) in [5.41, 5.74) is 2.32. The number of methoxy groups -OCH3 is 1. The molecule has 1 N–H and O–H groups in total. The number of ether oxygens (including phenoxy) is 2. The molecule has 0 saturated carbocycles. The summed E-state index contributed by atoms with van der Waals surface area (Å²) in [6.07, 6.45) is -1.05. The highest BCUT2D eigenvalue weighted by molar-refractivity contribution is 5.71. The second-order valence-corrected chi connectivity index (χ2v) is 6.72. The van der Waals surface area contributed by atoms with E-state index in [1.807, 2.05) is 30.3 Å². The van der Waals surface area contributed by atoms with Gasteiger partial charge in [0.15, 0.2) is 6.10 Å². The molecule has 0 radical (unpaired) electrons. The highest BCUT2D eigenvalue weighted by Gasteiger charge is 2.36. The Morgan fingerprint density at radius 3 is 2.57 bits per heavy atom. The number of carbonyl (C=O) groups is 1. The molecular formula is C24H17F2NO3. The van der Waals surface area contributed by atoms with Crippen molar-refractivity contribution in [2.24, 2.45) is 0 Å². The van der Waals surface area contributed by atoms with Crippen LogP contribution >= 0.6 is 0 Å². The molecule has 0 unspecified atom stereocenters. The number of carbonyl (C=O) groups excluding carboxylic acids is 1. The van der Waals surface area contributed by atoms with E-state index < -0.39 is 29.9 Å². The Labute approximate surface area is 172 Å². The number of alkyl carbamates (subject to hydrolysis) is 1. The maximum absolute atomic E-state index is 13.8. The first kappa shape index (κ1) is 19.5. The molecule has 0 bridgehead atoms. The van der Waals surface area contributed by atoms with Gasteiger partial charge in [-0.1, -0.05) is 36.1 Å². The Morgan fingerprint density at radius 1 is 0.967 bits per heavy atom. The van der Waals surface area contributed by atoms with E-state index in [0.29, 0.717) is 11.3 Å². The van der Waals surface area contributed by atoms with Crippen LogP contribution in [0.25, 0.3) is 0 Å². The van der Waals surface area contributed by atoms with Crippen LogP contribution in [0, 0.1) is 23.5 Å². The van der Waals surface area contributed by atoms with Gasteiger partial charge in [0.25, 0.3) is 0 Å². The van der Waals surface area contributed by atoms with Crippen LogP contribution in [0.5, 0.6) is 5.75 Å². The molecule has 1 heterocycles. The normalized spacial score (nSPS) is 17.5. The molecule has 1 amide bonds. The first-order valence-corrected chi connectivity index (χ1v) is 9.21. The van der Waals surface area contributed by atoms with Crippen molar-refractivity contribution in [1.29, 1.82) is 0 Å². The maximum Gasteiger partial charge on any atom is 0.408 e. The van der Waals surface area contributed by atoms with E-state index in [-0.39, 0.29) is 5.56 Å². The van der Waals surface area contributed by atoms with Crippen molar-refractivity contribution < 1.29 is 23.0 Å². The fourth-order valence-corrected chi connectivity index (χ4v) is 3.30. The van der Waals surface area contributed by atoms with Crippen LogP contribution in [0.3, 0.4) is 0 Å². The third-order valence-electron chi connectivity index (χ3n) is 4.75. The van der Waals surface area contributed by atoms with E-state index in [1.54, 1.807) is 25.3 Å². The molecule has 1 aliphatic rings. The van der Waals surface area contributed by atoms with Gasteiger partial charge in [0.1, 0.15) is 17.4 Å². The summed E-state index contributed by atoms with van der Waals surface area (Å²) in [4.78, 5) is 12.0. The Kier molecular flexibility index (Phi) is 5.36. The second kappa shape index (κ2) is 8.26. The second-order valence-electron chi connectivity index (χ2n) is 6.72. The monoisotopic (exact) mass is 405 g/mol. The largest absolute Gasteiger partial charge is 0.497 e. The van der Waals surface area contributed by atoms with E-state index in [2.05, 4.69) is 17.2 Å². The zero-order valence-electron chi connectivity index (χ0n) is 16.0. The number of benzene rings is 3. The first-order valence-electron chi connectivity index (χ1n) is 9.21. The van der Waals surface area contributed by atoms with E-state index >= 15 is 0 Å². The summed E-state index contributed by atoms with van der Waals surface area (Å²) in [6, 6.07) is 17.4. The molecule has 0 aromatic heterocycles. The van der Waals surface area contributed by atoms with E-state index in [4.69, 9.17) is 9.47 Å². The van der Waals surface area contributed by atoms with Gasteiger partial charge in [0.05, 0.1) is 18.7 Å². The average molecular weight is 405 g/mol. The third-order valence-corrected chi connectivity index (χ3v) is 4.75. The smallest absolute Gasteiger partial charge is 0.408 e. The van der Waals surface area contributed by atoms with Crippen LogP contribution in [0.1, 0.15) is 34.4 Å². The van der Waals surface area contributed by atoms with E-state index in [1.165, 1.54) is 6.07 Å². The van der Waals surface area contributed by atoms with E-state index in [9.17, 15) is 13.6 Å². The number of amides is 1. The van der Waals surface area contributed by atoms with Crippen LogP contribution in [0.15, 0.2) is 66.7 Å². The zero-order chi connectivity index (χ0) is 21.1. The van der Waals surface area contributed by atoms with Crippen LogP contribution < -0.4 is 10.1 Å². The molecule has 1 fully saturated rings. The quantitative estimate of drug-likeness (QED) is 0.631. The predicted octanol–water partition coefficient (Wildman–Crippen LogP) is 4.90. The van der Waals surface area contributed by atoms with Crippen LogP contribution in [0.2, 0.25) is 0 Å². The number of hydrogen-bond acceptors (Lipinski definition) is 3. The standard InChI is InChI=1S/C24H17F2NO3/c1-29-20-7-3-6-18(13-20)23-22(27-24(28)30-23)17-5-2-4-15(12-17)8-9-16-10-11-19(25)14-21(16)26/h2-7,10-14,22-23H,1H3,(H,27,28)/t22-,23-/m0/s1. The van der Waals surface area contributed by atoms with Gasteiger partial charge in [0.2, 0.25) is 0 Å². The van der Waals surface area contributed by atoms with Gasteiger partial charge in [-0.15, -0.1) is 0 Å². The Bertz CT molecular complexity index is 1170. The fraction of sp³-hybridized carbons (Fsp3) is 0.125. The maximum atomic E-state index is 13.8. The minimum absolute atomic E-state index is 0.105. The van der Waals surface area contributed by atoms with Crippen molar-refractivity contribution in [3.63, 3.8) is 0 Å². The molecule has 0 aliphatic carbocycles. The van der Waals surface area contributed by atoms with E-state index in [0.717, 1.165) is 23.3 Å². The predicted molar refractivity (Wildman–Crippen MR) is 107 cm³/mol. The minimum atomic E-state index is -0.715.